The first kappa shape index (κ1) is 12.9. The van der Waals surface area contributed by atoms with Crippen LogP contribution < -0.4 is 5.73 Å². The number of halogens is 1. The third-order valence-electron chi connectivity index (χ3n) is 2.02. The first-order valence-electron chi connectivity index (χ1n) is 5.02. The van der Waals surface area contributed by atoms with Gasteiger partial charge in [-0.15, -0.1) is 11.8 Å². The van der Waals surface area contributed by atoms with Gasteiger partial charge in [-0.2, -0.15) is 0 Å². The van der Waals surface area contributed by atoms with Crippen molar-refractivity contribution in [1.29, 1.82) is 0 Å². The monoisotopic (exact) mass is 289 g/mol. The first-order valence-corrected chi connectivity index (χ1v) is 6.80. The molecule has 0 amide bonds. The van der Waals surface area contributed by atoms with E-state index in [-0.39, 0.29) is 0 Å². The summed E-state index contributed by atoms with van der Waals surface area (Å²) in [4.78, 5) is 1.23. The van der Waals surface area contributed by atoms with E-state index in [1.54, 1.807) is 0 Å². The molecule has 0 aromatic heterocycles. The predicted molar refractivity (Wildman–Crippen MR) is 70.2 cm³/mol. The van der Waals surface area contributed by atoms with Crippen molar-refractivity contribution in [2.24, 2.45) is 0 Å². The third kappa shape index (κ3) is 4.91. The summed E-state index contributed by atoms with van der Waals surface area (Å²) in [6.45, 7) is 0.302. The van der Waals surface area contributed by atoms with E-state index in [0.29, 0.717) is 6.61 Å². The van der Waals surface area contributed by atoms with Crippen molar-refractivity contribution in [2.45, 2.75) is 24.2 Å². The molecule has 0 aliphatic rings. The summed E-state index contributed by atoms with van der Waals surface area (Å²) >= 11 is 5.31. The van der Waals surface area contributed by atoms with Gasteiger partial charge in [0.15, 0.2) is 0 Å². The predicted octanol–water partition coefficient (Wildman–Crippen LogP) is 3.29. The molecule has 3 N–H and O–H groups in total. The zero-order chi connectivity index (χ0) is 11.1. The maximum absolute atomic E-state index is 8.63. The molecule has 0 aliphatic carbocycles. The fourth-order valence-electron chi connectivity index (χ4n) is 1.21. The van der Waals surface area contributed by atoms with Crippen LogP contribution in [-0.4, -0.2) is 17.5 Å². The highest BCUT2D eigenvalue weighted by atomic mass is 79.9. The molecule has 0 saturated heterocycles. The zero-order valence-electron chi connectivity index (χ0n) is 8.58. The Kier molecular flexibility index (Phi) is 6.13. The molecule has 1 rings (SSSR count). The molecule has 0 unspecified atom stereocenters. The van der Waals surface area contributed by atoms with Crippen molar-refractivity contribution in [3.8, 4) is 0 Å². The molecule has 4 heteroatoms. The number of benzene rings is 1. The lowest BCUT2D eigenvalue weighted by Crippen LogP contribution is -1.87. The van der Waals surface area contributed by atoms with Crippen molar-refractivity contribution >= 4 is 33.4 Å². The highest BCUT2D eigenvalue weighted by Crippen LogP contribution is 2.29. The summed E-state index contributed by atoms with van der Waals surface area (Å²) in [5.74, 6) is 1.09. The number of aliphatic hydroxyl groups excluding tert-OH is 1. The van der Waals surface area contributed by atoms with Gasteiger partial charge in [0.2, 0.25) is 0 Å². The number of unbranched alkanes of at least 4 members (excludes halogenated alkanes) is 2. The van der Waals surface area contributed by atoms with Gasteiger partial charge in [-0.3, -0.25) is 0 Å². The third-order valence-corrected chi connectivity index (χ3v) is 4.09. The minimum Gasteiger partial charge on any atom is -0.399 e. The van der Waals surface area contributed by atoms with Gasteiger partial charge in [-0.1, -0.05) is 6.42 Å². The summed E-state index contributed by atoms with van der Waals surface area (Å²) in [7, 11) is 0. The number of aliphatic hydroxyl groups is 1. The molecule has 0 fully saturated rings. The van der Waals surface area contributed by atoms with Crippen molar-refractivity contribution in [1.82, 2.24) is 0 Å². The topological polar surface area (TPSA) is 46.2 Å². The average Bonchev–Trinajstić information content (AvgIpc) is 2.20. The van der Waals surface area contributed by atoms with Gasteiger partial charge >= 0.3 is 0 Å². The van der Waals surface area contributed by atoms with Crippen molar-refractivity contribution in [3.05, 3.63) is 22.7 Å². The van der Waals surface area contributed by atoms with Gasteiger partial charge in [-0.25, -0.2) is 0 Å². The summed E-state index contributed by atoms with van der Waals surface area (Å²) in [5, 5.41) is 8.63. The van der Waals surface area contributed by atoms with Crippen LogP contribution >= 0.6 is 27.7 Å². The van der Waals surface area contributed by atoms with Crippen LogP contribution in [-0.2, 0) is 0 Å². The second kappa shape index (κ2) is 7.14. The lowest BCUT2D eigenvalue weighted by atomic mass is 10.3. The number of nitrogen functional groups attached to an aromatic ring is 1. The SMILES string of the molecule is Nc1ccc(SCCCCCO)c(Br)c1. The van der Waals surface area contributed by atoms with Crippen molar-refractivity contribution in [3.63, 3.8) is 0 Å². The summed E-state index contributed by atoms with van der Waals surface area (Å²) in [5.41, 5.74) is 6.44. The lowest BCUT2D eigenvalue weighted by molar-refractivity contribution is 0.284. The summed E-state index contributed by atoms with van der Waals surface area (Å²) in [6, 6.07) is 5.88. The Labute approximate surface area is 103 Å². The van der Waals surface area contributed by atoms with Crippen LogP contribution in [0, 0.1) is 0 Å². The Morgan fingerprint density at radius 3 is 2.73 bits per heavy atom. The fourth-order valence-corrected chi connectivity index (χ4v) is 2.88. The van der Waals surface area contributed by atoms with Crippen LogP contribution in [0.15, 0.2) is 27.6 Å². The number of anilines is 1. The van der Waals surface area contributed by atoms with Gasteiger partial charge < -0.3 is 10.8 Å². The van der Waals surface area contributed by atoms with Crippen LogP contribution in [0.3, 0.4) is 0 Å². The van der Waals surface area contributed by atoms with Gasteiger partial charge in [0, 0.05) is 21.7 Å². The minimum absolute atomic E-state index is 0.302. The van der Waals surface area contributed by atoms with E-state index >= 15 is 0 Å². The highest BCUT2D eigenvalue weighted by Gasteiger charge is 2.00. The van der Waals surface area contributed by atoms with E-state index < -0.39 is 0 Å². The quantitative estimate of drug-likeness (QED) is 0.480. The molecule has 84 valence electrons. The number of hydrogen-bond acceptors (Lipinski definition) is 3. The second-order valence-electron chi connectivity index (χ2n) is 3.32. The van der Waals surface area contributed by atoms with Crippen LogP contribution in [0.4, 0.5) is 5.69 Å². The molecule has 2 nitrogen and oxygen atoms in total. The Morgan fingerprint density at radius 1 is 1.27 bits per heavy atom. The van der Waals surface area contributed by atoms with Crippen LogP contribution in [0.25, 0.3) is 0 Å². The number of thioether (sulfide) groups is 1. The maximum Gasteiger partial charge on any atom is 0.0431 e. The molecular formula is C11H16BrNOS. The largest absolute Gasteiger partial charge is 0.399 e. The zero-order valence-corrected chi connectivity index (χ0v) is 11.0. The lowest BCUT2D eigenvalue weighted by Gasteiger charge is -2.04. The Balaban J connectivity index is 2.31. The highest BCUT2D eigenvalue weighted by molar-refractivity contribution is 9.10. The molecule has 0 saturated carbocycles. The molecule has 0 spiro atoms. The van der Waals surface area contributed by atoms with Crippen LogP contribution in [0.2, 0.25) is 0 Å². The van der Waals surface area contributed by atoms with E-state index in [0.717, 1.165) is 35.2 Å². The number of rotatable bonds is 6. The molecule has 0 aliphatic heterocycles. The van der Waals surface area contributed by atoms with E-state index in [1.165, 1.54) is 4.90 Å². The van der Waals surface area contributed by atoms with E-state index in [2.05, 4.69) is 15.9 Å². The molecule has 15 heavy (non-hydrogen) atoms. The Morgan fingerprint density at radius 2 is 2.07 bits per heavy atom. The first-order chi connectivity index (χ1) is 7.24. The van der Waals surface area contributed by atoms with Gasteiger partial charge in [0.1, 0.15) is 0 Å². The minimum atomic E-state index is 0.302. The van der Waals surface area contributed by atoms with Crippen molar-refractivity contribution in [2.75, 3.05) is 18.1 Å². The van der Waals surface area contributed by atoms with Gasteiger partial charge in [0.25, 0.3) is 0 Å². The normalized spacial score (nSPS) is 10.5. The molecule has 0 heterocycles. The van der Waals surface area contributed by atoms with E-state index in [4.69, 9.17) is 10.8 Å². The molecule has 0 atom stereocenters. The van der Waals surface area contributed by atoms with Gasteiger partial charge in [-0.05, 0) is 52.7 Å². The molecule has 0 radical (unpaired) electrons. The van der Waals surface area contributed by atoms with Crippen molar-refractivity contribution < 1.29 is 5.11 Å². The average molecular weight is 290 g/mol. The second-order valence-corrected chi connectivity index (χ2v) is 5.31. The molecular weight excluding hydrogens is 274 g/mol. The Hall–Kier alpha value is -0.190. The number of hydrogen-bond donors (Lipinski definition) is 2. The molecule has 1 aromatic rings. The molecule has 0 bridgehead atoms. The maximum atomic E-state index is 8.63. The number of nitrogens with two attached hydrogens (primary N) is 1. The fraction of sp³-hybridized carbons (Fsp3) is 0.455. The summed E-state index contributed by atoms with van der Waals surface area (Å²) < 4.78 is 1.06. The smallest absolute Gasteiger partial charge is 0.0431 e. The van der Waals surface area contributed by atoms with E-state index in [1.807, 2.05) is 30.0 Å². The Bertz CT molecular complexity index is 307. The van der Waals surface area contributed by atoms with Crippen LogP contribution in [0.1, 0.15) is 19.3 Å². The van der Waals surface area contributed by atoms with Crippen LogP contribution in [0.5, 0.6) is 0 Å². The van der Waals surface area contributed by atoms with Gasteiger partial charge in [0.05, 0.1) is 0 Å². The molecule has 1 aromatic carbocycles. The summed E-state index contributed by atoms with van der Waals surface area (Å²) in [6.07, 6.45) is 3.14. The van der Waals surface area contributed by atoms with E-state index in [9.17, 15) is 0 Å². The standard InChI is InChI=1S/C11H16BrNOS/c12-10-8-9(13)4-5-11(10)15-7-3-1-2-6-14/h4-5,8,14H,1-3,6-7,13H2.